The molecule has 1 aromatic carbocycles. The van der Waals surface area contributed by atoms with Gasteiger partial charge in [0.2, 0.25) is 0 Å². The second-order valence-electron chi connectivity index (χ2n) is 4.74. The molecule has 0 aromatic heterocycles. The topological polar surface area (TPSA) is 66.2 Å². The molecule has 1 aliphatic carbocycles. The Labute approximate surface area is 105 Å². The Bertz CT molecular complexity index is 310. The molecule has 1 saturated carbocycles. The molecule has 0 unspecified atom stereocenters. The standard InChI is InChI=1S/C13H20BN.2H2O/c1-15(12-5-3-2-4-6-12)13-9-7-11(14)8-10-13;;/h7-10,12H,2-6,14H2,1H3;2*1H2. The van der Waals surface area contributed by atoms with E-state index in [4.69, 9.17) is 0 Å². The monoisotopic (exact) mass is 237 g/mol. The molecule has 0 heterocycles. The van der Waals surface area contributed by atoms with Crippen LogP contribution in [0.4, 0.5) is 5.69 Å². The van der Waals surface area contributed by atoms with E-state index in [0.29, 0.717) is 0 Å². The van der Waals surface area contributed by atoms with E-state index < -0.39 is 0 Å². The zero-order chi connectivity index (χ0) is 10.7. The molecule has 4 heteroatoms. The van der Waals surface area contributed by atoms with Crippen molar-refractivity contribution in [2.75, 3.05) is 11.9 Å². The Morgan fingerprint density at radius 2 is 1.53 bits per heavy atom. The zero-order valence-corrected chi connectivity index (χ0v) is 10.9. The van der Waals surface area contributed by atoms with Gasteiger partial charge in [-0.2, -0.15) is 0 Å². The van der Waals surface area contributed by atoms with Crippen molar-refractivity contribution in [2.45, 2.75) is 38.1 Å². The van der Waals surface area contributed by atoms with Gasteiger partial charge in [0.25, 0.3) is 0 Å². The average molecular weight is 237 g/mol. The van der Waals surface area contributed by atoms with Gasteiger partial charge in [-0.1, -0.05) is 36.9 Å². The number of hydrogen-bond acceptors (Lipinski definition) is 1. The molecule has 0 bridgehead atoms. The Kier molecular flexibility index (Phi) is 6.92. The van der Waals surface area contributed by atoms with Gasteiger partial charge in [0, 0.05) is 18.8 Å². The van der Waals surface area contributed by atoms with Crippen LogP contribution in [-0.2, 0) is 0 Å². The van der Waals surface area contributed by atoms with Gasteiger partial charge in [0.15, 0.2) is 0 Å². The third kappa shape index (κ3) is 4.06. The predicted octanol–water partition coefficient (Wildman–Crippen LogP) is 0.0645. The Morgan fingerprint density at radius 1 is 1.00 bits per heavy atom. The maximum absolute atomic E-state index is 2.46. The summed E-state index contributed by atoms with van der Waals surface area (Å²) in [6.45, 7) is 0. The maximum atomic E-state index is 2.46. The quantitative estimate of drug-likeness (QED) is 0.671. The van der Waals surface area contributed by atoms with Gasteiger partial charge in [-0.15, -0.1) is 0 Å². The molecule has 2 rings (SSSR count). The maximum Gasteiger partial charge on any atom is 0.139 e. The lowest BCUT2D eigenvalue weighted by atomic mass is 9.93. The highest BCUT2D eigenvalue weighted by atomic mass is 16.0. The minimum absolute atomic E-state index is 0. The van der Waals surface area contributed by atoms with Crippen molar-refractivity contribution in [3.8, 4) is 0 Å². The van der Waals surface area contributed by atoms with Gasteiger partial charge in [-0.05, 0) is 25.0 Å². The van der Waals surface area contributed by atoms with E-state index in [2.05, 4.69) is 44.1 Å². The molecule has 1 aromatic rings. The third-order valence-corrected chi connectivity index (χ3v) is 3.56. The smallest absolute Gasteiger partial charge is 0.139 e. The first-order valence-corrected chi connectivity index (χ1v) is 6.07. The summed E-state index contributed by atoms with van der Waals surface area (Å²) in [5.41, 5.74) is 2.71. The zero-order valence-electron chi connectivity index (χ0n) is 10.9. The number of anilines is 1. The van der Waals surface area contributed by atoms with Crippen molar-refractivity contribution in [1.29, 1.82) is 0 Å². The van der Waals surface area contributed by atoms with E-state index in [1.807, 2.05) is 0 Å². The van der Waals surface area contributed by atoms with Crippen LogP contribution in [0.2, 0.25) is 0 Å². The lowest BCUT2D eigenvalue weighted by Crippen LogP contribution is -2.33. The van der Waals surface area contributed by atoms with E-state index in [9.17, 15) is 0 Å². The molecule has 1 aliphatic rings. The molecule has 0 spiro atoms. The fourth-order valence-electron chi connectivity index (χ4n) is 2.46. The van der Waals surface area contributed by atoms with Crippen LogP contribution >= 0.6 is 0 Å². The molecule has 17 heavy (non-hydrogen) atoms. The lowest BCUT2D eigenvalue weighted by Gasteiger charge is -2.33. The normalized spacial score (nSPS) is 15.6. The fourth-order valence-corrected chi connectivity index (χ4v) is 2.46. The van der Waals surface area contributed by atoms with Gasteiger partial charge in [-0.3, -0.25) is 0 Å². The molecule has 4 N–H and O–H groups in total. The van der Waals surface area contributed by atoms with Crippen LogP contribution in [0, 0.1) is 0 Å². The molecule has 0 saturated heterocycles. The highest BCUT2D eigenvalue weighted by Gasteiger charge is 2.17. The Hall–Kier alpha value is -0.995. The molecule has 0 amide bonds. The van der Waals surface area contributed by atoms with Crippen LogP contribution in [0.5, 0.6) is 0 Å². The minimum atomic E-state index is 0. The van der Waals surface area contributed by atoms with E-state index in [1.54, 1.807) is 0 Å². The molecule has 96 valence electrons. The minimum Gasteiger partial charge on any atom is -0.412 e. The lowest BCUT2D eigenvalue weighted by molar-refractivity contribution is 0.427. The van der Waals surface area contributed by atoms with Gasteiger partial charge in [0.1, 0.15) is 7.85 Å². The van der Waals surface area contributed by atoms with Crippen molar-refractivity contribution in [2.24, 2.45) is 0 Å². The summed E-state index contributed by atoms with van der Waals surface area (Å²) >= 11 is 0. The first-order chi connectivity index (χ1) is 7.27. The van der Waals surface area contributed by atoms with E-state index in [0.717, 1.165) is 6.04 Å². The summed E-state index contributed by atoms with van der Waals surface area (Å²) in [5, 5.41) is 0. The van der Waals surface area contributed by atoms with Gasteiger partial charge < -0.3 is 15.9 Å². The molecule has 0 radical (unpaired) electrons. The molecule has 1 fully saturated rings. The predicted molar refractivity (Wildman–Crippen MR) is 77.1 cm³/mol. The van der Waals surface area contributed by atoms with Crippen molar-refractivity contribution in [3.05, 3.63) is 24.3 Å². The molecule has 3 nitrogen and oxygen atoms in total. The van der Waals surface area contributed by atoms with E-state index in [-0.39, 0.29) is 11.0 Å². The highest BCUT2D eigenvalue weighted by molar-refractivity contribution is 6.32. The fraction of sp³-hybridized carbons (Fsp3) is 0.538. The van der Waals surface area contributed by atoms with Gasteiger partial charge >= 0.3 is 0 Å². The van der Waals surface area contributed by atoms with Gasteiger partial charge in [-0.25, -0.2) is 0 Å². The number of nitrogens with zero attached hydrogens (tertiary/aromatic N) is 1. The summed E-state index contributed by atoms with van der Waals surface area (Å²) < 4.78 is 0. The third-order valence-electron chi connectivity index (χ3n) is 3.56. The second kappa shape index (κ2) is 7.35. The van der Waals surface area contributed by atoms with E-state index in [1.165, 1.54) is 43.3 Å². The van der Waals surface area contributed by atoms with Crippen LogP contribution in [-0.4, -0.2) is 31.9 Å². The Balaban J connectivity index is 0.00000128. The van der Waals surface area contributed by atoms with Crippen molar-refractivity contribution < 1.29 is 11.0 Å². The van der Waals surface area contributed by atoms with Crippen molar-refractivity contribution in [1.82, 2.24) is 0 Å². The molecular weight excluding hydrogens is 213 g/mol. The summed E-state index contributed by atoms with van der Waals surface area (Å²) in [4.78, 5) is 2.46. The van der Waals surface area contributed by atoms with E-state index >= 15 is 0 Å². The number of rotatable bonds is 2. The first kappa shape index (κ1) is 16.0. The second-order valence-corrected chi connectivity index (χ2v) is 4.74. The number of hydrogen-bond donors (Lipinski definition) is 0. The highest BCUT2D eigenvalue weighted by Crippen LogP contribution is 2.25. The summed E-state index contributed by atoms with van der Waals surface area (Å²) in [5.74, 6) is 0. The molecule has 0 atom stereocenters. The Morgan fingerprint density at radius 3 is 2.06 bits per heavy atom. The van der Waals surface area contributed by atoms with Crippen LogP contribution in [0.15, 0.2) is 24.3 Å². The van der Waals surface area contributed by atoms with Crippen LogP contribution in [0.25, 0.3) is 0 Å². The summed E-state index contributed by atoms with van der Waals surface area (Å²) in [6, 6.07) is 9.65. The van der Waals surface area contributed by atoms with Crippen molar-refractivity contribution in [3.63, 3.8) is 0 Å². The van der Waals surface area contributed by atoms with Crippen LogP contribution in [0.3, 0.4) is 0 Å². The van der Waals surface area contributed by atoms with Crippen molar-refractivity contribution >= 4 is 19.0 Å². The first-order valence-electron chi connectivity index (χ1n) is 6.07. The average Bonchev–Trinajstić information content (AvgIpc) is 2.30. The van der Waals surface area contributed by atoms with Crippen LogP contribution in [0.1, 0.15) is 32.1 Å². The van der Waals surface area contributed by atoms with Crippen LogP contribution < -0.4 is 10.4 Å². The molecule has 0 aliphatic heterocycles. The SMILES string of the molecule is Bc1ccc(N(C)C2CCCCC2)cc1.O.O. The summed E-state index contributed by atoms with van der Waals surface area (Å²) in [6.07, 6.45) is 6.97. The molecular formula is C13H24BNO2. The summed E-state index contributed by atoms with van der Waals surface area (Å²) in [7, 11) is 4.38. The largest absolute Gasteiger partial charge is 0.412 e. The van der Waals surface area contributed by atoms with Gasteiger partial charge in [0.05, 0.1) is 0 Å². The number of benzene rings is 1.